The second-order valence-corrected chi connectivity index (χ2v) is 4.74. The molecule has 2 aliphatic rings. The zero-order chi connectivity index (χ0) is 12.5. The summed E-state index contributed by atoms with van der Waals surface area (Å²) in [5.41, 5.74) is 0.926. The molecule has 6 heteroatoms. The Balaban J connectivity index is 1.96. The number of nitrogens with one attached hydrogen (secondary N) is 1. The summed E-state index contributed by atoms with van der Waals surface area (Å²) in [6.45, 7) is 3.11. The maximum Gasteiger partial charge on any atom is 0.186 e. The maximum absolute atomic E-state index is 9.65. The molecule has 1 aromatic rings. The van der Waals surface area contributed by atoms with E-state index in [2.05, 4.69) is 10.2 Å². The number of ether oxygens (including phenoxy) is 2. The van der Waals surface area contributed by atoms with Gasteiger partial charge in [0.2, 0.25) is 0 Å². The average molecular weight is 271 g/mol. The molecule has 0 aliphatic carbocycles. The Morgan fingerprint density at radius 2 is 2.06 bits per heavy atom. The van der Waals surface area contributed by atoms with Crippen LogP contribution in [-0.2, 0) is 0 Å². The Hall–Kier alpha value is -1.17. The molecule has 2 N–H and O–H groups in total. The lowest BCUT2D eigenvalue weighted by Crippen LogP contribution is -2.50. The molecule has 0 bridgehead atoms. The molecule has 5 nitrogen and oxygen atoms in total. The second kappa shape index (κ2) is 4.84. The first-order chi connectivity index (χ1) is 8.75. The van der Waals surface area contributed by atoms with Crippen LogP contribution < -0.4 is 19.7 Å². The van der Waals surface area contributed by atoms with E-state index in [0.29, 0.717) is 36.3 Å². The number of anilines is 1. The predicted molar refractivity (Wildman–Crippen MR) is 68.7 cm³/mol. The normalized spacial score (nSPS) is 23.0. The first-order valence-corrected chi connectivity index (χ1v) is 6.38. The SMILES string of the molecule is OC1CN(c2ccc(Cl)c3c2OCCO3)CCN1. The molecule has 0 saturated carbocycles. The van der Waals surface area contributed by atoms with Gasteiger partial charge in [0.05, 0.1) is 17.3 Å². The molecule has 1 atom stereocenters. The number of benzene rings is 1. The van der Waals surface area contributed by atoms with Crippen LogP contribution in [0.5, 0.6) is 11.5 Å². The van der Waals surface area contributed by atoms with Crippen molar-refractivity contribution >= 4 is 17.3 Å². The lowest BCUT2D eigenvalue weighted by atomic mass is 10.2. The zero-order valence-electron chi connectivity index (χ0n) is 9.86. The summed E-state index contributed by atoms with van der Waals surface area (Å²) < 4.78 is 11.2. The third-order valence-electron chi connectivity index (χ3n) is 3.12. The molecule has 2 heterocycles. The summed E-state index contributed by atoms with van der Waals surface area (Å²) in [5, 5.41) is 13.2. The lowest BCUT2D eigenvalue weighted by Gasteiger charge is -2.35. The van der Waals surface area contributed by atoms with Gasteiger partial charge in [0.15, 0.2) is 11.5 Å². The molecule has 1 unspecified atom stereocenters. The standard InChI is InChI=1S/C12H15ClN2O3/c13-8-1-2-9(12-11(8)17-5-6-18-12)15-4-3-14-10(16)7-15/h1-2,10,14,16H,3-7H2. The van der Waals surface area contributed by atoms with Gasteiger partial charge in [-0.25, -0.2) is 0 Å². The number of β-amino-alcohol motifs (C(OH)–C–C–N with tert-alkyl or cyclic N) is 1. The zero-order valence-corrected chi connectivity index (χ0v) is 10.6. The lowest BCUT2D eigenvalue weighted by molar-refractivity contribution is 0.130. The van der Waals surface area contributed by atoms with Crippen molar-refractivity contribution in [3.8, 4) is 11.5 Å². The highest BCUT2D eigenvalue weighted by atomic mass is 35.5. The molecule has 0 amide bonds. The van der Waals surface area contributed by atoms with Gasteiger partial charge < -0.3 is 19.5 Å². The quantitative estimate of drug-likeness (QED) is 0.792. The Kier molecular flexibility index (Phi) is 3.20. The van der Waals surface area contributed by atoms with E-state index in [4.69, 9.17) is 21.1 Å². The van der Waals surface area contributed by atoms with Crippen LogP contribution in [0.1, 0.15) is 0 Å². The molecular weight excluding hydrogens is 256 g/mol. The molecular formula is C12H15ClN2O3. The molecule has 0 spiro atoms. The summed E-state index contributed by atoms with van der Waals surface area (Å²) in [7, 11) is 0. The highest BCUT2D eigenvalue weighted by molar-refractivity contribution is 6.32. The topological polar surface area (TPSA) is 54.0 Å². The largest absolute Gasteiger partial charge is 0.484 e. The van der Waals surface area contributed by atoms with Gasteiger partial charge in [0, 0.05) is 13.1 Å². The molecule has 18 heavy (non-hydrogen) atoms. The van der Waals surface area contributed by atoms with Crippen molar-refractivity contribution in [3.05, 3.63) is 17.2 Å². The van der Waals surface area contributed by atoms with E-state index < -0.39 is 6.23 Å². The van der Waals surface area contributed by atoms with Crippen molar-refractivity contribution in [1.82, 2.24) is 5.32 Å². The van der Waals surface area contributed by atoms with E-state index in [9.17, 15) is 5.11 Å². The molecule has 0 aromatic heterocycles. The fourth-order valence-corrected chi connectivity index (χ4v) is 2.49. The fraction of sp³-hybridized carbons (Fsp3) is 0.500. The van der Waals surface area contributed by atoms with Crippen molar-refractivity contribution in [3.63, 3.8) is 0 Å². The van der Waals surface area contributed by atoms with Gasteiger partial charge in [0.25, 0.3) is 0 Å². The summed E-state index contributed by atoms with van der Waals surface area (Å²) in [4.78, 5) is 2.07. The molecule has 0 radical (unpaired) electrons. The minimum absolute atomic E-state index is 0.514. The average Bonchev–Trinajstić information content (AvgIpc) is 2.39. The van der Waals surface area contributed by atoms with E-state index in [-0.39, 0.29) is 0 Å². The van der Waals surface area contributed by atoms with Crippen LogP contribution in [0.3, 0.4) is 0 Å². The number of halogens is 1. The maximum atomic E-state index is 9.65. The van der Waals surface area contributed by atoms with Crippen LogP contribution in [0, 0.1) is 0 Å². The van der Waals surface area contributed by atoms with Gasteiger partial charge in [0.1, 0.15) is 19.4 Å². The predicted octanol–water partition coefficient (Wildman–Crippen LogP) is 0.839. The minimum atomic E-state index is -0.519. The summed E-state index contributed by atoms with van der Waals surface area (Å²) >= 11 is 6.10. The number of nitrogens with zero attached hydrogens (tertiary/aromatic N) is 1. The van der Waals surface area contributed by atoms with E-state index in [1.54, 1.807) is 6.07 Å². The Morgan fingerprint density at radius 1 is 1.28 bits per heavy atom. The third-order valence-corrected chi connectivity index (χ3v) is 3.41. The van der Waals surface area contributed by atoms with Crippen molar-refractivity contribution in [1.29, 1.82) is 0 Å². The van der Waals surface area contributed by atoms with Crippen LogP contribution in [0.15, 0.2) is 12.1 Å². The van der Waals surface area contributed by atoms with Gasteiger partial charge >= 0.3 is 0 Å². The molecule has 98 valence electrons. The second-order valence-electron chi connectivity index (χ2n) is 4.34. The van der Waals surface area contributed by atoms with Crippen molar-refractivity contribution in [2.45, 2.75) is 6.23 Å². The molecule has 1 saturated heterocycles. The highest BCUT2D eigenvalue weighted by Crippen LogP contribution is 2.44. The molecule has 1 fully saturated rings. The van der Waals surface area contributed by atoms with Gasteiger partial charge in [-0.3, -0.25) is 5.32 Å². The number of aliphatic hydroxyl groups excluding tert-OH is 1. The van der Waals surface area contributed by atoms with E-state index in [0.717, 1.165) is 18.8 Å². The van der Waals surface area contributed by atoms with Gasteiger partial charge in [-0.2, -0.15) is 0 Å². The van der Waals surface area contributed by atoms with Crippen LogP contribution in [0.4, 0.5) is 5.69 Å². The molecule has 1 aromatic carbocycles. The fourth-order valence-electron chi connectivity index (χ4n) is 2.29. The van der Waals surface area contributed by atoms with Crippen molar-refractivity contribution < 1.29 is 14.6 Å². The van der Waals surface area contributed by atoms with Crippen molar-refractivity contribution in [2.75, 3.05) is 37.7 Å². The number of piperazine rings is 1. The van der Waals surface area contributed by atoms with Gasteiger partial charge in [-0.15, -0.1) is 0 Å². The summed E-state index contributed by atoms with van der Waals surface area (Å²) in [6.07, 6.45) is -0.519. The molecule has 3 rings (SSSR count). The smallest absolute Gasteiger partial charge is 0.186 e. The van der Waals surface area contributed by atoms with Gasteiger partial charge in [-0.05, 0) is 12.1 Å². The Labute approximate surface area is 110 Å². The number of aliphatic hydroxyl groups is 1. The van der Waals surface area contributed by atoms with Crippen LogP contribution >= 0.6 is 11.6 Å². The van der Waals surface area contributed by atoms with Crippen LogP contribution in [0.25, 0.3) is 0 Å². The van der Waals surface area contributed by atoms with Crippen molar-refractivity contribution in [2.24, 2.45) is 0 Å². The number of hydrogen-bond donors (Lipinski definition) is 2. The number of fused-ring (bicyclic) bond motifs is 1. The number of hydrogen-bond acceptors (Lipinski definition) is 5. The Morgan fingerprint density at radius 3 is 2.83 bits per heavy atom. The summed E-state index contributed by atoms with van der Waals surface area (Å²) in [6, 6.07) is 3.71. The van der Waals surface area contributed by atoms with E-state index in [1.807, 2.05) is 6.07 Å². The van der Waals surface area contributed by atoms with Gasteiger partial charge in [-0.1, -0.05) is 11.6 Å². The first kappa shape index (κ1) is 11.9. The highest BCUT2D eigenvalue weighted by Gasteiger charge is 2.25. The van der Waals surface area contributed by atoms with Crippen LogP contribution in [0.2, 0.25) is 5.02 Å². The minimum Gasteiger partial charge on any atom is -0.484 e. The monoisotopic (exact) mass is 270 g/mol. The molecule has 2 aliphatic heterocycles. The van der Waals surface area contributed by atoms with Crippen LogP contribution in [-0.4, -0.2) is 44.2 Å². The Bertz CT molecular complexity index is 455. The first-order valence-electron chi connectivity index (χ1n) is 6.00. The third kappa shape index (κ3) is 2.09. The number of rotatable bonds is 1. The summed E-state index contributed by atoms with van der Waals surface area (Å²) in [5.74, 6) is 1.29. The van der Waals surface area contributed by atoms with E-state index >= 15 is 0 Å². The van der Waals surface area contributed by atoms with E-state index in [1.165, 1.54) is 0 Å².